The van der Waals surface area contributed by atoms with E-state index >= 15 is 0 Å². The summed E-state index contributed by atoms with van der Waals surface area (Å²) in [5.41, 5.74) is 6.09. The SMILES string of the molecule is CCCN1Cc2nc(CC)ccc2-c2cnc(NCc3c(F)ccc4c3CCO4)n3cnc(c23)C1=O. The lowest BCUT2D eigenvalue weighted by Crippen LogP contribution is -2.33. The van der Waals surface area contributed by atoms with Crippen molar-refractivity contribution >= 4 is 17.4 Å². The van der Waals surface area contributed by atoms with Crippen LogP contribution in [0.5, 0.6) is 5.75 Å². The van der Waals surface area contributed by atoms with Gasteiger partial charge < -0.3 is 15.0 Å². The number of carbonyl (C=O) groups excluding carboxylic acids is 1. The van der Waals surface area contributed by atoms with E-state index in [2.05, 4.69) is 35.2 Å². The number of nitrogens with one attached hydrogen (secondary N) is 1. The molecule has 0 unspecified atom stereocenters. The van der Waals surface area contributed by atoms with Crippen LogP contribution in [0.3, 0.4) is 0 Å². The first kappa shape index (κ1) is 22.5. The molecule has 0 aliphatic carbocycles. The Balaban J connectivity index is 1.46. The van der Waals surface area contributed by atoms with Gasteiger partial charge in [-0.15, -0.1) is 0 Å². The first-order valence-corrected chi connectivity index (χ1v) is 12.4. The fourth-order valence-electron chi connectivity index (χ4n) is 5.14. The molecule has 2 aliphatic rings. The lowest BCUT2D eigenvalue weighted by atomic mass is 10.0. The van der Waals surface area contributed by atoms with Crippen LogP contribution >= 0.6 is 0 Å². The molecule has 2 aliphatic heterocycles. The molecule has 0 saturated heterocycles. The first-order chi connectivity index (χ1) is 17.6. The maximum atomic E-state index is 14.7. The minimum absolute atomic E-state index is 0.129. The number of fused-ring (bicyclic) bond motifs is 3. The molecule has 1 N–H and O–H groups in total. The third-order valence-corrected chi connectivity index (χ3v) is 6.94. The van der Waals surface area contributed by atoms with Crippen LogP contribution < -0.4 is 10.1 Å². The van der Waals surface area contributed by atoms with Gasteiger partial charge in [-0.3, -0.25) is 14.2 Å². The number of halogens is 1. The third-order valence-electron chi connectivity index (χ3n) is 6.94. The average molecular weight is 487 g/mol. The molecule has 0 saturated carbocycles. The highest BCUT2D eigenvalue weighted by Crippen LogP contribution is 2.35. The molecule has 3 aromatic heterocycles. The molecular weight excluding hydrogens is 459 g/mol. The van der Waals surface area contributed by atoms with Crippen LogP contribution in [0, 0.1) is 5.82 Å². The largest absolute Gasteiger partial charge is 0.493 e. The fourth-order valence-corrected chi connectivity index (χ4v) is 5.14. The molecule has 36 heavy (non-hydrogen) atoms. The zero-order chi connectivity index (χ0) is 24.8. The fraction of sp³-hybridized carbons (Fsp3) is 0.333. The lowest BCUT2D eigenvalue weighted by Gasteiger charge is -2.25. The van der Waals surface area contributed by atoms with Gasteiger partial charge in [-0.05, 0) is 31.0 Å². The number of ether oxygens (including phenoxy) is 1. The van der Waals surface area contributed by atoms with E-state index in [9.17, 15) is 9.18 Å². The predicted molar refractivity (Wildman–Crippen MR) is 134 cm³/mol. The van der Waals surface area contributed by atoms with Crippen LogP contribution in [0.4, 0.5) is 10.3 Å². The van der Waals surface area contributed by atoms with Gasteiger partial charge >= 0.3 is 0 Å². The Morgan fingerprint density at radius 2 is 2.03 bits per heavy atom. The Hall–Kier alpha value is -4.01. The molecule has 8 nitrogen and oxygen atoms in total. The second kappa shape index (κ2) is 8.89. The number of rotatable bonds is 6. The van der Waals surface area contributed by atoms with E-state index in [-0.39, 0.29) is 18.3 Å². The van der Waals surface area contributed by atoms with Crippen molar-refractivity contribution in [3.05, 3.63) is 70.8 Å². The van der Waals surface area contributed by atoms with Gasteiger partial charge in [0.2, 0.25) is 5.95 Å². The smallest absolute Gasteiger partial charge is 0.275 e. The van der Waals surface area contributed by atoms with Crippen molar-refractivity contribution in [1.29, 1.82) is 0 Å². The summed E-state index contributed by atoms with van der Waals surface area (Å²) in [5, 5.41) is 3.27. The number of nitrogens with zero attached hydrogens (tertiary/aromatic N) is 5. The summed E-state index contributed by atoms with van der Waals surface area (Å²) in [7, 11) is 0. The maximum absolute atomic E-state index is 14.7. The van der Waals surface area contributed by atoms with Gasteiger partial charge in [0, 0.05) is 53.7 Å². The summed E-state index contributed by atoms with van der Waals surface area (Å²) >= 11 is 0. The van der Waals surface area contributed by atoms with E-state index in [1.807, 2.05) is 11.0 Å². The normalized spacial score (nSPS) is 14.3. The van der Waals surface area contributed by atoms with Gasteiger partial charge in [-0.2, -0.15) is 0 Å². The van der Waals surface area contributed by atoms with Gasteiger partial charge in [0.25, 0.3) is 5.91 Å². The summed E-state index contributed by atoms with van der Waals surface area (Å²) in [6, 6.07) is 7.19. The standard InChI is InChI=1S/C27H27FN6O2/c1-3-10-33-14-22-17(6-5-16(4-2)32-22)20-13-30-27(34-15-31-24(25(20)34)26(33)35)29-12-19-18-9-11-36-23(18)8-7-21(19)28/h5-8,13,15H,3-4,9-12,14H2,1-2H3,(H,29,30). The molecular formula is C27H27FN6O2. The number of aryl methyl sites for hydroxylation is 1. The van der Waals surface area contributed by atoms with Gasteiger partial charge in [0.1, 0.15) is 17.9 Å². The summed E-state index contributed by atoms with van der Waals surface area (Å²) in [6.45, 7) is 5.95. The summed E-state index contributed by atoms with van der Waals surface area (Å²) < 4.78 is 22.1. The zero-order valence-corrected chi connectivity index (χ0v) is 20.3. The van der Waals surface area contributed by atoms with Crippen molar-refractivity contribution in [2.75, 3.05) is 18.5 Å². The van der Waals surface area contributed by atoms with Crippen LogP contribution in [0.15, 0.2) is 36.8 Å². The minimum atomic E-state index is -0.280. The van der Waals surface area contributed by atoms with Gasteiger partial charge in [0.05, 0.1) is 24.4 Å². The maximum Gasteiger partial charge on any atom is 0.275 e. The molecule has 0 bridgehead atoms. The topological polar surface area (TPSA) is 84.7 Å². The Morgan fingerprint density at radius 1 is 1.14 bits per heavy atom. The molecule has 0 spiro atoms. The van der Waals surface area contributed by atoms with E-state index < -0.39 is 0 Å². The predicted octanol–water partition coefficient (Wildman–Crippen LogP) is 4.41. The van der Waals surface area contributed by atoms with Crippen molar-refractivity contribution in [2.24, 2.45) is 0 Å². The molecule has 0 atom stereocenters. The third kappa shape index (κ3) is 3.57. The number of carbonyl (C=O) groups is 1. The highest BCUT2D eigenvalue weighted by Gasteiger charge is 2.29. The highest BCUT2D eigenvalue weighted by atomic mass is 19.1. The number of pyridine rings is 1. The van der Waals surface area contributed by atoms with E-state index in [0.717, 1.165) is 46.7 Å². The second-order valence-corrected chi connectivity index (χ2v) is 9.14. The van der Waals surface area contributed by atoms with Crippen molar-refractivity contribution in [2.45, 2.75) is 46.2 Å². The van der Waals surface area contributed by atoms with E-state index in [0.29, 0.717) is 48.8 Å². The number of anilines is 1. The molecule has 0 radical (unpaired) electrons. The van der Waals surface area contributed by atoms with Crippen LogP contribution in [0.1, 0.15) is 53.3 Å². The van der Waals surface area contributed by atoms with Gasteiger partial charge in [-0.1, -0.05) is 19.9 Å². The molecule has 0 fully saturated rings. The van der Waals surface area contributed by atoms with Crippen LogP contribution in [-0.2, 0) is 25.9 Å². The van der Waals surface area contributed by atoms with Crippen LogP contribution in [-0.4, -0.2) is 43.3 Å². The first-order valence-electron chi connectivity index (χ1n) is 12.4. The number of benzene rings is 1. The monoisotopic (exact) mass is 486 g/mol. The van der Waals surface area contributed by atoms with Gasteiger partial charge in [0.15, 0.2) is 5.69 Å². The number of hydrogen-bond acceptors (Lipinski definition) is 6. The number of imidazole rings is 1. The summed E-state index contributed by atoms with van der Waals surface area (Å²) in [5.74, 6) is 0.804. The molecule has 9 heteroatoms. The molecule has 5 heterocycles. The number of aromatic nitrogens is 4. The minimum Gasteiger partial charge on any atom is -0.493 e. The van der Waals surface area contributed by atoms with E-state index in [1.54, 1.807) is 23.0 Å². The summed E-state index contributed by atoms with van der Waals surface area (Å²) in [6.07, 6.45) is 5.69. The number of hydrogen-bond donors (Lipinski definition) is 1. The molecule has 184 valence electrons. The van der Waals surface area contributed by atoms with Crippen molar-refractivity contribution in [3.63, 3.8) is 0 Å². The molecule has 6 rings (SSSR count). The number of amides is 1. The Kier molecular flexibility index (Phi) is 5.55. The quantitative estimate of drug-likeness (QED) is 0.435. The summed E-state index contributed by atoms with van der Waals surface area (Å²) in [4.78, 5) is 29.4. The van der Waals surface area contributed by atoms with Crippen LogP contribution in [0.2, 0.25) is 0 Å². The average Bonchev–Trinajstić information content (AvgIpc) is 3.55. The van der Waals surface area contributed by atoms with Gasteiger partial charge in [-0.25, -0.2) is 14.4 Å². The van der Waals surface area contributed by atoms with E-state index in [1.165, 1.54) is 6.07 Å². The second-order valence-electron chi connectivity index (χ2n) is 9.14. The Bertz CT molecular complexity index is 1500. The lowest BCUT2D eigenvalue weighted by molar-refractivity contribution is 0.0737. The Labute approximate surface area is 208 Å². The van der Waals surface area contributed by atoms with Crippen LogP contribution in [0.25, 0.3) is 16.6 Å². The van der Waals surface area contributed by atoms with Crippen molar-refractivity contribution < 1.29 is 13.9 Å². The van der Waals surface area contributed by atoms with Crippen molar-refractivity contribution in [1.82, 2.24) is 24.3 Å². The zero-order valence-electron chi connectivity index (χ0n) is 20.3. The Morgan fingerprint density at radius 3 is 2.86 bits per heavy atom. The molecule has 4 aromatic rings. The highest BCUT2D eigenvalue weighted by molar-refractivity contribution is 6.04. The van der Waals surface area contributed by atoms with E-state index in [4.69, 9.17) is 9.72 Å². The molecule has 1 amide bonds. The molecule has 1 aromatic carbocycles. The van der Waals surface area contributed by atoms with Crippen molar-refractivity contribution in [3.8, 4) is 16.9 Å².